The quantitative estimate of drug-likeness (QED) is 0.811. The van der Waals surface area contributed by atoms with Gasteiger partial charge in [0.25, 0.3) is 0 Å². The van der Waals surface area contributed by atoms with E-state index in [2.05, 4.69) is 24.1 Å². The second-order valence-corrected chi connectivity index (χ2v) is 4.66. The molecule has 1 aliphatic carbocycles. The average molecular weight is 232 g/mol. The second-order valence-electron chi connectivity index (χ2n) is 4.66. The molecular weight excluding hydrogens is 212 g/mol. The summed E-state index contributed by atoms with van der Waals surface area (Å²) in [6.07, 6.45) is 6.77. The Hall–Kier alpha value is -1.35. The Kier molecular flexibility index (Phi) is 4.15. The molecule has 2 atom stereocenters. The molecule has 0 fully saturated rings. The van der Waals surface area contributed by atoms with Crippen LogP contribution in [0.25, 0.3) is 0 Å². The summed E-state index contributed by atoms with van der Waals surface area (Å²) in [6.45, 7) is 3.48. The van der Waals surface area contributed by atoms with Crippen LogP contribution in [0.15, 0.2) is 30.4 Å². The second kappa shape index (κ2) is 5.82. The van der Waals surface area contributed by atoms with Gasteiger partial charge >= 0.3 is 0 Å². The number of hydrogen-bond donors (Lipinski definition) is 1. The fraction of sp³-hybridized carbons (Fsp3) is 0.500. The van der Waals surface area contributed by atoms with E-state index in [0.29, 0.717) is 24.3 Å². The first kappa shape index (κ1) is 12.1. The van der Waals surface area contributed by atoms with Gasteiger partial charge in [0.15, 0.2) is 0 Å². The van der Waals surface area contributed by atoms with Crippen LogP contribution in [0.5, 0.6) is 5.88 Å². The van der Waals surface area contributed by atoms with Crippen molar-refractivity contribution < 1.29 is 4.74 Å². The molecule has 2 N–H and O–H groups in total. The van der Waals surface area contributed by atoms with Crippen LogP contribution in [0.3, 0.4) is 0 Å². The molecule has 17 heavy (non-hydrogen) atoms. The Bertz CT molecular complexity index is 390. The van der Waals surface area contributed by atoms with Crippen molar-refractivity contribution in [2.45, 2.75) is 26.3 Å². The number of nitrogens with two attached hydrogens (primary N) is 1. The van der Waals surface area contributed by atoms with Gasteiger partial charge in [-0.3, -0.25) is 0 Å². The van der Waals surface area contributed by atoms with E-state index in [0.717, 1.165) is 25.1 Å². The maximum Gasteiger partial charge on any atom is 0.213 e. The smallest absolute Gasteiger partial charge is 0.213 e. The molecule has 2 rings (SSSR count). The highest BCUT2D eigenvalue weighted by atomic mass is 16.5. The van der Waals surface area contributed by atoms with Crippen LogP contribution in [0, 0.1) is 11.8 Å². The van der Waals surface area contributed by atoms with Gasteiger partial charge in [0.1, 0.15) is 0 Å². The van der Waals surface area contributed by atoms with E-state index in [4.69, 9.17) is 10.5 Å². The first-order valence-electron chi connectivity index (χ1n) is 6.23. The summed E-state index contributed by atoms with van der Waals surface area (Å²) in [5, 5.41) is 0. The predicted molar refractivity (Wildman–Crippen MR) is 68.7 cm³/mol. The van der Waals surface area contributed by atoms with Crippen LogP contribution in [0.2, 0.25) is 0 Å². The largest absolute Gasteiger partial charge is 0.477 e. The lowest BCUT2D eigenvalue weighted by Gasteiger charge is -2.24. The van der Waals surface area contributed by atoms with Crippen LogP contribution in [0.4, 0.5) is 0 Å². The predicted octanol–water partition coefficient (Wildman–Crippen LogP) is 2.52. The molecule has 2 unspecified atom stereocenters. The van der Waals surface area contributed by atoms with E-state index in [1.165, 1.54) is 0 Å². The molecule has 0 amide bonds. The molecule has 0 aromatic carbocycles. The molecule has 0 aliphatic heterocycles. The monoisotopic (exact) mass is 232 g/mol. The summed E-state index contributed by atoms with van der Waals surface area (Å²) < 4.78 is 5.76. The zero-order valence-corrected chi connectivity index (χ0v) is 10.3. The SMILES string of the molecule is CC1CC=CCC1COc1cccc(CN)n1. The zero-order valence-electron chi connectivity index (χ0n) is 10.3. The van der Waals surface area contributed by atoms with E-state index in [-0.39, 0.29) is 0 Å². The maximum atomic E-state index is 5.76. The fourth-order valence-corrected chi connectivity index (χ4v) is 2.08. The van der Waals surface area contributed by atoms with Crippen LogP contribution in [-0.4, -0.2) is 11.6 Å². The highest BCUT2D eigenvalue weighted by molar-refractivity contribution is 5.15. The Labute approximate surface area is 103 Å². The van der Waals surface area contributed by atoms with Crippen molar-refractivity contribution in [2.24, 2.45) is 17.6 Å². The minimum Gasteiger partial charge on any atom is -0.477 e. The number of aromatic nitrogens is 1. The third-order valence-electron chi connectivity index (χ3n) is 3.35. The van der Waals surface area contributed by atoms with Gasteiger partial charge < -0.3 is 10.5 Å². The summed E-state index contributed by atoms with van der Waals surface area (Å²) in [4.78, 5) is 4.34. The average Bonchev–Trinajstić information content (AvgIpc) is 2.38. The van der Waals surface area contributed by atoms with Crippen LogP contribution in [-0.2, 0) is 6.54 Å². The zero-order chi connectivity index (χ0) is 12.1. The topological polar surface area (TPSA) is 48.1 Å². The molecule has 92 valence electrons. The van der Waals surface area contributed by atoms with Crippen molar-refractivity contribution in [1.82, 2.24) is 4.98 Å². The molecule has 3 heteroatoms. The minimum absolute atomic E-state index is 0.458. The number of pyridine rings is 1. The normalized spacial score (nSPS) is 23.6. The van der Waals surface area contributed by atoms with Gasteiger partial charge in [-0.2, -0.15) is 0 Å². The van der Waals surface area contributed by atoms with E-state index in [9.17, 15) is 0 Å². The van der Waals surface area contributed by atoms with Crippen molar-refractivity contribution in [3.8, 4) is 5.88 Å². The number of nitrogens with zero attached hydrogens (tertiary/aromatic N) is 1. The number of rotatable bonds is 4. The van der Waals surface area contributed by atoms with Crippen LogP contribution >= 0.6 is 0 Å². The summed E-state index contributed by atoms with van der Waals surface area (Å²) in [5.41, 5.74) is 6.43. The third-order valence-corrected chi connectivity index (χ3v) is 3.35. The molecule has 1 heterocycles. The van der Waals surface area contributed by atoms with Crippen LogP contribution < -0.4 is 10.5 Å². The molecule has 0 spiro atoms. The van der Waals surface area contributed by atoms with E-state index >= 15 is 0 Å². The number of allylic oxidation sites excluding steroid dienone is 2. The Morgan fingerprint density at radius 1 is 1.35 bits per heavy atom. The molecule has 0 radical (unpaired) electrons. The van der Waals surface area contributed by atoms with Gasteiger partial charge in [-0.25, -0.2) is 4.98 Å². The highest BCUT2D eigenvalue weighted by Gasteiger charge is 2.18. The van der Waals surface area contributed by atoms with Crippen molar-refractivity contribution in [2.75, 3.05) is 6.61 Å². The molecular formula is C14H20N2O. The summed E-state index contributed by atoms with van der Waals surface area (Å²) in [7, 11) is 0. The Morgan fingerprint density at radius 2 is 2.18 bits per heavy atom. The third kappa shape index (κ3) is 3.30. The Morgan fingerprint density at radius 3 is 2.94 bits per heavy atom. The first-order valence-corrected chi connectivity index (χ1v) is 6.23. The molecule has 0 saturated carbocycles. The van der Waals surface area contributed by atoms with Gasteiger partial charge in [0, 0.05) is 12.6 Å². The van der Waals surface area contributed by atoms with Gasteiger partial charge in [-0.15, -0.1) is 0 Å². The van der Waals surface area contributed by atoms with Gasteiger partial charge in [0.2, 0.25) is 5.88 Å². The van der Waals surface area contributed by atoms with Gasteiger partial charge in [0.05, 0.1) is 12.3 Å². The molecule has 0 bridgehead atoms. The molecule has 3 nitrogen and oxygen atoms in total. The molecule has 1 aromatic rings. The highest BCUT2D eigenvalue weighted by Crippen LogP contribution is 2.25. The Balaban J connectivity index is 1.90. The van der Waals surface area contributed by atoms with Crippen molar-refractivity contribution >= 4 is 0 Å². The summed E-state index contributed by atoms with van der Waals surface area (Å²) in [5.74, 6) is 1.98. The minimum atomic E-state index is 0.458. The van der Waals surface area contributed by atoms with Crippen molar-refractivity contribution in [3.05, 3.63) is 36.0 Å². The standard InChI is InChI=1S/C14H20N2O/c1-11-5-2-3-6-12(11)10-17-14-8-4-7-13(9-15)16-14/h2-4,7-8,11-12H,5-6,9-10,15H2,1H3. The van der Waals surface area contributed by atoms with Crippen molar-refractivity contribution in [3.63, 3.8) is 0 Å². The van der Waals surface area contributed by atoms with Gasteiger partial charge in [-0.1, -0.05) is 25.1 Å². The summed E-state index contributed by atoms with van der Waals surface area (Å²) in [6, 6.07) is 5.75. The molecule has 1 aliphatic rings. The van der Waals surface area contributed by atoms with Crippen molar-refractivity contribution in [1.29, 1.82) is 0 Å². The van der Waals surface area contributed by atoms with E-state index < -0.39 is 0 Å². The van der Waals surface area contributed by atoms with Crippen LogP contribution in [0.1, 0.15) is 25.5 Å². The molecule has 0 saturated heterocycles. The van der Waals surface area contributed by atoms with E-state index in [1.807, 2.05) is 18.2 Å². The maximum absolute atomic E-state index is 5.76. The summed E-state index contributed by atoms with van der Waals surface area (Å²) >= 11 is 0. The molecule has 1 aromatic heterocycles. The number of hydrogen-bond acceptors (Lipinski definition) is 3. The lowest BCUT2D eigenvalue weighted by molar-refractivity contribution is 0.192. The lowest BCUT2D eigenvalue weighted by Crippen LogP contribution is -2.21. The van der Waals surface area contributed by atoms with E-state index in [1.54, 1.807) is 0 Å². The lowest BCUT2D eigenvalue weighted by atomic mass is 9.85. The number of ether oxygens (including phenoxy) is 1. The van der Waals surface area contributed by atoms with Gasteiger partial charge in [-0.05, 0) is 30.7 Å². The first-order chi connectivity index (χ1) is 8.29. The fourth-order valence-electron chi connectivity index (χ4n) is 2.08.